The number of carbonyl (C=O) groups excluding carboxylic acids is 2. The highest BCUT2D eigenvalue weighted by Gasteiger charge is 2.24. The van der Waals surface area contributed by atoms with Crippen molar-refractivity contribution >= 4 is 11.9 Å². The fourth-order valence-electron chi connectivity index (χ4n) is 2.14. The van der Waals surface area contributed by atoms with Gasteiger partial charge in [-0.1, -0.05) is 0 Å². The molecule has 5 heteroatoms. The number of rotatable bonds is 6. The predicted octanol–water partition coefficient (Wildman–Crippen LogP) is 1.36. The Morgan fingerprint density at radius 2 is 2.00 bits per heavy atom. The van der Waals surface area contributed by atoms with E-state index >= 15 is 0 Å². The monoisotopic (exact) mass is 257 g/mol. The van der Waals surface area contributed by atoms with Gasteiger partial charge >= 0.3 is 5.97 Å². The number of piperidine rings is 1. The van der Waals surface area contributed by atoms with Gasteiger partial charge < -0.3 is 14.4 Å². The highest BCUT2D eigenvalue weighted by molar-refractivity contribution is 5.81. The maximum atomic E-state index is 11.9. The summed E-state index contributed by atoms with van der Waals surface area (Å²) in [6.45, 7) is 6.18. The van der Waals surface area contributed by atoms with Gasteiger partial charge in [-0.3, -0.25) is 9.59 Å². The van der Waals surface area contributed by atoms with E-state index in [9.17, 15) is 9.59 Å². The number of amides is 1. The summed E-state index contributed by atoms with van der Waals surface area (Å²) in [6, 6.07) is 0. The minimum absolute atomic E-state index is 0.0208. The summed E-state index contributed by atoms with van der Waals surface area (Å²) in [6.07, 6.45) is 2.53. The van der Waals surface area contributed by atoms with Crippen molar-refractivity contribution in [2.45, 2.75) is 45.6 Å². The van der Waals surface area contributed by atoms with E-state index in [-0.39, 0.29) is 30.8 Å². The molecule has 0 N–H and O–H groups in total. The smallest absolute Gasteiger partial charge is 0.306 e. The summed E-state index contributed by atoms with van der Waals surface area (Å²) in [4.78, 5) is 24.9. The van der Waals surface area contributed by atoms with Gasteiger partial charge in [0.1, 0.15) is 0 Å². The number of carbonyl (C=O) groups is 2. The second-order valence-corrected chi connectivity index (χ2v) is 4.36. The van der Waals surface area contributed by atoms with Crippen LogP contribution in [-0.2, 0) is 19.1 Å². The average Bonchev–Trinajstić information content (AvgIpc) is 2.37. The fraction of sp³-hybridized carbons (Fsp3) is 0.846. The van der Waals surface area contributed by atoms with Crippen LogP contribution in [0.15, 0.2) is 0 Å². The molecule has 0 aliphatic carbocycles. The van der Waals surface area contributed by atoms with Crippen molar-refractivity contribution in [2.75, 3.05) is 26.3 Å². The molecule has 1 unspecified atom stereocenters. The quantitative estimate of drug-likeness (QED) is 0.674. The molecular formula is C13H23NO4. The first-order chi connectivity index (χ1) is 8.67. The molecule has 1 aliphatic heterocycles. The van der Waals surface area contributed by atoms with Gasteiger partial charge in [-0.2, -0.15) is 0 Å². The summed E-state index contributed by atoms with van der Waals surface area (Å²) < 4.78 is 10.3. The molecule has 1 saturated heterocycles. The summed E-state index contributed by atoms with van der Waals surface area (Å²) in [5, 5.41) is 0. The lowest BCUT2D eigenvalue weighted by molar-refractivity contribution is -0.146. The van der Waals surface area contributed by atoms with Gasteiger partial charge in [0.05, 0.1) is 19.1 Å². The second-order valence-electron chi connectivity index (χ2n) is 4.36. The van der Waals surface area contributed by atoms with E-state index in [0.717, 1.165) is 19.4 Å². The highest BCUT2D eigenvalue weighted by Crippen LogP contribution is 2.14. The molecule has 0 aromatic heterocycles. The van der Waals surface area contributed by atoms with E-state index in [1.54, 1.807) is 11.8 Å². The molecule has 1 rings (SSSR count). The highest BCUT2D eigenvalue weighted by atomic mass is 16.5. The minimum atomic E-state index is -0.302. The Bertz CT molecular complexity index is 278. The standard InChI is InChI=1S/C13H23NO4/c1-3-17-11-6-5-9-14(10-11)12(15)7-8-13(16)18-4-2/h11H,3-10H2,1-2H3. The Morgan fingerprint density at radius 3 is 2.67 bits per heavy atom. The summed E-state index contributed by atoms with van der Waals surface area (Å²) in [5.41, 5.74) is 0. The van der Waals surface area contributed by atoms with E-state index in [4.69, 9.17) is 9.47 Å². The Morgan fingerprint density at radius 1 is 1.22 bits per heavy atom. The maximum absolute atomic E-state index is 11.9. The minimum Gasteiger partial charge on any atom is -0.466 e. The van der Waals surface area contributed by atoms with E-state index in [2.05, 4.69) is 0 Å². The van der Waals surface area contributed by atoms with Crippen molar-refractivity contribution in [3.63, 3.8) is 0 Å². The van der Waals surface area contributed by atoms with Gasteiger partial charge in [-0.25, -0.2) is 0 Å². The largest absolute Gasteiger partial charge is 0.466 e. The number of hydrogen-bond acceptors (Lipinski definition) is 4. The topological polar surface area (TPSA) is 55.8 Å². The molecule has 18 heavy (non-hydrogen) atoms. The fourth-order valence-corrected chi connectivity index (χ4v) is 2.14. The van der Waals surface area contributed by atoms with Crippen LogP contribution in [0.5, 0.6) is 0 Å². The van der Waals surface area contributed by atoms with E-state index in [1.165, 1.54) is 0 Å². The van der Waals surface area contributed by atoms with Crippen LogP contribution < -0.4 is 0 Å². The van der Waals surface area contributed by atoms with Crippen LogP contribution >= 0.6 is 0 Å². The lowest BCUT2D eigenvalue weighted by Gasteiger charge is -2.32. The first-order valence-corrected chi connectivity index (χ1v) is 6.72. The van der Waals surface area contributed by atoms with Gasteiger partial charge in [0.25, 0.3) is 0 Å². The maximum Gasteiger partial charge on any atom is 0.306 e. The first-order valence-electron chi connectivity index (χ1n) is 6.72. The zero-order chi connectivity index (χ0) is 13.4. The Balaban J connectivity index is 2.30. The van der Waals surface area contributed by atoms with Gasteiger partial charge in [-0.05, 0) is 26.7 Å². The molecule has 104 valence electrons. The number of hydrogen-bond donors (Lipinski definition) is 0. The van der Waals surface area contributed by atoms with Crippen LogP contribution in [0.1, 0.15) is 39.5 Å². The molecule has 1 heterocycles. The van der Waals surface area contributed by atoms with Gasteiger partial charge in [-0.15, -0.1) is 0 Å². The molecule has 1 amide bonds. The second kappa shape index (κ2) is 8.08. The van der Waals surface area contributed by atoms with Crippen molar-refractivity contribution in [2.24, 2.45) is 0 Å². The molecule has 0 aromatic carbocycles. The van der Waals surface area contributed by atoms with Crippen molar-refractivity contribution < 1.29 is 19.1 Å². The summed E-state index contributed by atoms with van der Waals surface area (Å²) >= 11 is 0. The first kappa shape index (κ1) is 15.0. The SMILES string of the molecule is CCOC(=O)CCC(=O)N1CCCC(OCC)C1. The molecule has 0 bridgehead atoms. The number of ether oxygens (including phenoxy) is 2. The van der Waals surface area contributed by atoms with Gasteiger partial charge in [0, 0.05) is 26.1 Å². The normalized spacial score (nSPS) is 19.7. The van der Waals surface area contributed by atoms with Crippen molar-refractivity contribution in [3.05, 3.63) is 0 Å². The molecule has 1 fully saturated rings. The van der Waals surface area contributed by atoms with Crippen LogP contribution in [0.25, 0.3) is 0 Å². The van der Waals surface area contributed by atoms with E-state index in [1.807, 2.05) is 6.92 Å². The van der Waals surface area contributed by atoms with Crippen LogP contribution in [0.3, 0.4) is 0 Å². The van der Waals surface area contributed by atoms with Crippen molar-refractivity contribution in [3.8, 4) is 0 Å². The molecule has 0 saturated carbocycles. The summed E-state index contributed by atoms with van der Waals surface area (Å²) in [5.74, 6) is -0.281. The molecular weight excluding hydrogens is 234 g/mol. The lowest BCUT2D eigenvalue weighted by Crippen LogP contribution is -2.43. The third kappa shape index (κ3) is 5.04. The Hall–Kier alpha value is -1.10. The third-order valence-corrected chi connectivity index (χ3v) is 2.98. The van der Waals surface area contributed by atoms with Crippen molar-refractivity contribution in [1.29, 1.82) is 0 Å². The van der Waals surface area contributed by atoms with Crippen LogP contribution in [0, 0.1) is 0 Å². The number of likely N-dealkylation sites (tertiary alicyclic amines) is 1. The zero-order valence-corrected chi connectivity index (χ0v) is 11.3. The molecule has 0 spiro atoms. The molecule has 0 aromatic rings. The molecule has 1 aliphatic rings. The number of esters is 1. The van der Waals surface area contributed by atoms with E-state index in [0.29, 0.717) is 19.8 Å². The Kier molecular flexibility index (Phi) is 6.72. The van der Waals surface area contributed by atoms with Crippen molar-refractivity contribution in [1.82, 2.24) is 4.90 Å². The van der Waals surface area contributed by atoms with Gasteiger partial charge in [0.15, 0.2) is 0 Å². The van der Waals surface area contributed by atoms with Crippen LogP contribution in [0.2, 0.25) is 0 Å². The third-order valence-electron chi connectivity index (χ3n) is 2.98. The summed E-state index contributed by atoms with van der Waals surface area (Å²) in [7, 11) is 0. The van der Waals surface area contributed by atoms with Crippen LogP contribution in [0.4, 0.5) is 0 Å². The van der Waals surface area contributed by atoms with E-state index < -0.39 is 0 Å². The molecule has 0 radical (unpaired) electrons. The lowest BCUT2D eigenvalue weighted by atomic mass is 10.1. The Labute approximate surface area is 108 Å². The average molecular weight is 257 g/mol. The molecule has 5 nitrogen and oxygen atoms in total. The van der Waals surface area contributed by atoms with Gasteiger partial charge in [0.2, 0.25) is 5.91 Å². The van der Waals surface area contributed by atoms with Crippen LogP contribution in [-0.4, -0.2) is 49.2 Å². The molecule has 1 atom stereocenters. The predicted molar refractivity (Wildman–Crippen MR) is 67.1 cm³/mol. The zero-order valence-electron chi connectivity index (χ0n) is 11.3. The number of nitrogens with zero attached hydrogens (tertiary/aromatic N) is 1.